The maximum absolute atomic E-state index is 6.28. The molecule has 1 spiro atoms. The average Bonchev–Trinajstić information content (AvgIpc) is 3.20. The van der Waals surface area contributed by atoms with E-state index >= 15 is 0 Å². The van der Waals surface area contributed by atoms with Gasteiger partial charge in [-0.3, -0.25) is 0 Å². The second-order valence-electron chi connectivity index (χ2n) is 6.52. The quantitative estimate of drug-likeness (QED) is 0.810. The van der Waals surface area contributed by atoms with Crippen molar-refractivity contribution < 1.29 is 9.47 Å². The molecule has 2 bridgehead atoms. The van der Waals surface area contributed by atoms with Crippen LogP contribution in [0.1, 0.15) is 12.8 Å². The third-order valence-electron chi connectivity index (χ3n) is 5.43. The van der Waals surface area contributed by atoms with Gasteiger partial charge in [-0.2, -0.15) is 0 Å². The van der Waals surface area contributed by atoms with E-state index < -0.39 is 0 Å². The molecule has 2 aliphatic heterocycles. The van der Waals surface area contributed by atoms with Gasteiger partial charge in [0.25, 0.3) is 0 Å². The molecule has 0 N–H and O–H groups in total. The van der Waals surface area contributed by atoms with Gasteiger partial charge in [-0.15, -0.1) is 0 Å². The molecule has 6 heteroatoms. The third-order valence-corrected chi connectivity index (χ3v) is 5.63. The van der Waals surface area contributed by atoms with Crippen molar-refractivity contribution in [1.82, 2.24) is 9.38 Å². The van der Waals surface area contributed by atoms with Crippen molar-refractivity contribution in [2.24, 2.45) is 11.8 Å². The monoisotopic (exact) mass is 319 g/mol. The van der Waals surface area contributed by atoms with E-state index in [1.165, 1.54) is 12.8 Å². The van der Waals surface area contributed by atoms with Crippen LogP contribution in [-0.2, 0) is 9.47 Å². The van der Waals surface area contributed by atoms with Crippen molar-refractivity contribution in [3.05, 3.63) is 29.8 Å². The highest BCUT2D eigenvalue weighted by atomic mass is 35.5. The molecule has 5 nitrogen and oxygen atoms in total. The molecule has 2 saturated heterocycles. The summed E-state index contributed by atoms with van der Waals surface area (Å²) in [5.41, 5.74) is 2.27. The highest BCUT2D eigenvalue weighted by Crippen LogP contribution is 2.51. The Morgan fingerprint density at radius 2 is 1.91 bits per heavy atom. The number of hydrogen-bond donors (Lipinski definition) is 0. The van der Waals surface area contributed by atoms with Gasteiger partial charge in [0, 0.05) is 31.1 Å². The van der Waals surface area contributed by atoms with Gasteiger partial charge in [0.1, 0.15) is 0 Å². The van der Waals surface area contributed by atoms with Gasteiger partial charge in [0.2, 0.25) is 0 Å². The van der Waals surface area contributed by atoms with E-state index in [2.05, 4.69) is 9.88 Å². The van der Waals surface area contributed by atoms with Gasteiger partial charge in [-0.05, 0) is 18.9 Å². The Labute approximate surface area is 133 Å². The molecule has 2 aromatic rings. The summed E-state index contributed by atoms with van der Waals surface area (Å²) in [6, 6.07) is 2.05. The number of anilines is 1. The summed E-state index contributed by atoms with van der Waals surface area (Å²) in [6.07, 6.45) is 7.96. The Morgan fingerprint density at radius 1 is 1.18 bits per heavy atom. The van der Waals surface area contributed by atoms with Crippen molar-refractivity contribution >= 4 is 22.8 Å². The summed E-state index contributed by atoms with van der Waals surface area (Å²) in [7, 11) is 0. The van der Waals surface area contributed by atoms with Crippen LogP contribution in [0.15, 0.2) is 24.8 Å². The van der Waals surface area contributed by atoms with Crippen LogP contribution in [0.25, 0.3) is 5.52 Å². The molecule has 22 heavy (non-hydrogen) atoms. The first-order chi connectivity index (χ1) is 10.8. The molecule has 1 aliphatic carbocycles. The lowest BCUT2D eigenvalue weighted by Crippen LogP contribution is -2.54. The van der Waals surface area contributed by atoms with Crippen LogP contribution >= 0.6 is 11.6 Å². The number of pyridine rings is 1. The molecule has 0 aromatic carbocycles. The number of imidazole rings is 1. The molecule has 4 heterocycles. The van der Waals surface area contributed by atoms with Gasteiger partial charge >= 0.3 is 0 Å². The molecule has 2 unspecified atom stereocenters. The first-order valence-corrected chi connectivity index (χ1v) is 8.28. The zero-order valence-corrected chi connectivity index (χ0v) is 13.0. The van der Waals surface area contributed by atoms with Crippen LogP contribution in [0.2, 0.25) is 5.02 Å². The highest BCUT2D eigenvalue weighted by Gasteiger charge is 2.58. The summed E-state index contributed by atoms with van der Waals surface area (Å²) in [5.74, 6) is 0.567. The summed E-state index contributed by atoms with van der Waals surface area (Å²) in [5, 5.41) is 0.738. The minimum Gasteiger partial charge on any atom is -0.369 e. The lowest BCUT2D eigenvalue weighted by molar-refractivity contribution is -0.213. The number of hydrogen-bond acceptors (Lipinski definition) is 4. The van der Waals surface area contributed by atoms with Crippen LogP contribution in [0.3, 0.4) is 0 Å². The fraction of sp³-hybridized carbons (Fsp3) is 0.562. The van der Waals surface area contributed by atoms with Crippen molar-refractivity contribution in [1.29, 1.82) is 0 Å². The number of aromatic nitrogens is 2. The number of ether oxygens (including phenoxy) is 2. The maximum Gasteiger partial charge on any atom is 0.177 e. The van der Waals surface area contributed by atoms with Crippen molar-refractivity contribution in [3.8, 4) is 0 Å². The average molecular weight is 320 g/mol. The highest BCUT2D eigenvalue weighted by molar-refractivity contribution is 6.30. The van der Waals surface area contributed by atoms with Crippen molar-refractivity contribution in [2.75, 3.05) is 31.2 Å². The lowest BCUT2D eigenvalue weighted by Gasteiger charge is -2.44. The molecule has 1 saturated carbocycles. The van der Waals surface area contributed by atoms with Gasteiger partial charge in [-0.1, -0.05) is 11.6 Å². The van der Waals surface area contributed by atoms with Gasteiger partial charge in [0.15, 0.2) is 5.79 Å². The normalized spacial score (nSPS) is 29.8. The fourth-order valence-corrected chi connectivity index (χ4v) is 4.74. The molecule has 2 atom stereocenters. The van der Waals surface area contributed by atoms with E-state index in [4.69, 9.17) is 21.1 Å². The largest absolute Gasteiger partial charge is 0.369 e. The molecular weight excluding hydrogens is 302 g/mol. The molecule has 2 aromatic heterocycles. The van der Waals surface area contributed by atoms with Gasteiger partial charge < -0.3 is 18.8 Å². The summed E-state index contributed by atoms with van der Waals surface area (Å²) >= 11 is 6.28. The van der Waals surface area contributed by atoms with Crippen LogP contribution in [0, 0.1) is 11.8 Å². The number of piperidine rings is 1. The zero-order chi connectivity index (χ0) is 14.7. The smallest absolute Gasteiger partial charge is 0.177 e. The Balaban J connectivity index is 1.54. The maximum atomic E-state index is 6.28. The number of fused-ring (bicyclic) bond motifs is 1. The second-order valence-corrected chi connectivity index (χ2v) is 6.96. The minimum atomic E-state index is -0.314. The topological polar surface area (TPSA) is 39.0 Å². The SMILES string of the molecule is Clc1cc(N2CC3CCC(C2)C32OCCO2)c2cncn2c1. The summed E-state index contributed by atoms with van der Waals surface area (Å²) < 4.78 is 14.1. The second kappa shape index (κ2) is 4.60. The number of halogens is 1. The van der Waals surface area contributed by atoms with Crippen LogP contribution < -0.4 is 4.90 Å². The van der Waals surface area contributed by atoms with E-state index in [-0.39, 0.29) is 5.79 Å². The fourth-order valence-electron chi connectivity index (χ4n) is 4.53. The Morgan fingerprint density at radius 3 is 2.64 bits per heavy atom. The van der Waals surface area contributed by atoms with Crippen LogP contribution in [-0.4, -0.2) is 41.5 Å². The molecule has 5 rings (SSSR count). The molecular formula is C16H18ClN3O2. The predicted molar refractivity (Wildman–Crippen MR) is 83.3 cm³/mol. The van der Waals surface area contributed by atoms with E-state index in [1.54, 1.807) is 6.33 Å². The molecule has 0 amide bonds. The standard InChI is InChI=1S/C16H18ClN3O2/c17-13-5-14(15-6-18-10-20(15)9-13)19-7-11-1-2-12(8-19)16(11)21-3-4-22-16/h5-6,9-12H,1-4,7-8H2. The first kappa shape index (κ1) is 13.2. The van der Waals surface area contributed by atoms with E-state index in [0.717, 1.165) is 42.5 Å². The number of nitrogens with zero attached hydrogens (tertiary/aromatic N) is 3. The van der Waals surface area contributed by atoms with E-state index in [1.807, 2.05) is 22.9 Å². The molecule has 3 aliphatic rings. The minimum absolute atomic E-state index is 0.314. The Kier molecular flexibility index (Phi) is 2.75. The summed E-state index contributed by atoms with van der Waals surface area (Å²) in [6.45, 7) is 3.38. The van der Waals surface area contributed by atoms with Gasteiger partial charge in [-0.25, -0.2) is 4.98 Å². The van der Waals surface area contributed by atoms with Crippen LogP contribution in [0.4, 0.5) is 5.69 Å². The van der Waals surface area contributed by atoms with E-state index in [0.29, 0.717) is 11.8 Å². The van der Waals surface area contributed by atoms with Gasteiger partial charge in [0.05, 0.1) is 42.0 Å². The predicted octanol–water partition coefficient (Wildman–Crippen LogP) is 2.58. The van der Waals surface area contributed by atoms with Crippen LogP contribution in [0.5, 0.6) is 0 Å². The molecule has 116 valence electrons. The van der Waals surface area contributed by atoms with Crippen molar-refractivity contribution in [2.45, 2.75) is 18.6 Å². The van der Waals surface area contributed by atoms with Crippen molar-refractivity contribution in [3.63, 3.8) is 0 Å². The molecule has 3 fully saturated rings. The molecule has 0 radical (unpaired) electrons. The van der Waals surface area contributed by atoms with E-state index in [9.17, 15) is 0 Å². The summed E-state index contributed by atoms with van der Waals surface area (Å²) in [4.78, 5) is 6.68. The number of rotatable bonds is 1. The third kappa shape index (κ3) is 1.70. The first-order valence-electron chi connectivity index (χ1n) is 7.90. The zero-order valence-electron chi connectivity index (χ0n) is 12.2. The Hall–Kier alpha value is -1.30. The Bertz CT molecular complexity index is 709. The lowest BCUT2D eigenvalue weighted by atomic mass is 9.90.